The quantitative estimate of drug-likeness (QED) is 0.352. The van der Waals surface area contributed by atoms with E-state index in [1.165, 1.54) is 27.7 Å². The third-order valence-corrected chi connectivity index (χ3v) is 4.97. The van der Waals surface area contributed by atoms with Gasteiger partial charge in [-0.25, -0.2) is 8.42 Å². The van der Waals surface area contributed by atoms with Crippen molar-refractivity contribution in [2.24, 2.45) is 17.8 Å². The van der Waals surface area contributed by atoms with Crippen molar-refractivity contribution in [1.29, 1.82) is 0 Å². The fraction of sp³-hybridized carbons (Fsp3) is 0.867. The van der Waals surface area contributed by atoms with Crippen LogP contribution in [0, 0.1) is 17.8 Å². The lowest BCUT2D eigenvalue weighted by Crippen LogP contribution is -2.53. The third-order valence-electron chi connectivity index (χ3n) is 4.07. The first kappa shape index (κ1) is 23.6. The standard InChI is InChI=1S/C15H22F4O7S/c1-7(2)25-12(20)9-5-10(13(21)26-8(3)4)11(6-9)14(16,17)15(18,19)27(22,23)24/h7-11H,5-6H2,1-4H3,(H,22,23,24)/p-1/t9-,10+,11?/m1/s1. The minimum absolute atomic E-state index is 0.591. The molecule has 0 aromatic heterocycles. The molecule has 158 valence electrons. The molecule has 0 N–H and O–H groups in total. The number of carbonyl (C=O) groups is 2. The van der Waals surface area contributed by atoms with E-state index in [0.717, 1.165) is 0 Å². The van der Waals surface area contributed by atoms with Gasteiger partial charge < -0.3 is 14.0 Å². The minimum Gasteiger partial charge on any atom is -0.743 e. The number of alkyl halides is 4. The van der Waals surface area contributed by atoms with Gasteiger partial charge in [0.2, 0.25) is 0 Å². The molecule has 0 aliphatic heterocycles. The third kappa shape index (κ3) is 4.89. The largest absolute Gasteiger partial charge is 0.743 e. The van der Waals surface area contributed by atoms with Crippen LogP contribution in [0.2, 0.25) is 0 Å². The molecule has 0 heterocycles. The molecule has 7 nitrogen and oxygen atoms in total. The molecule has 27 heavy (non-hydrogen) atoms. The van der Waals surface area contributed by atoms with Crippen LogP contribution in [0.3, 0.4) is 0 Å². The van der Waals surface area contributed by atoms with Crippen LogP contribution in [0.25, 0.3) is 0 Å². The van der Waals surface area contributed by atoms with Gasteiger partial charge in [-0.3, -0.25) is 9.59 Å². The summed E-state index contributed by atoms with van der Waals surface area (Å²) in [6, 6.07) is 0. The fourth-order valence-electron chi connectivity index (χ4n) is 2.92. The molecule has 1 aliphatic carbocycles. The predicted molar refractivity (Wildman–Crippen MR) is 81.8 cm³/mol. The molecule has 3 atom stereocenters. The highest BCUT2D eigenvalue weighted by atomic mass is 32.2. The van der Waals surface area contributed by atoms with Gasteiger partial charge in [0.05, 0.1) is 24.0 Å². The molecule has 1 fully saturated rings. The Balaban J connectivity index is 3.28. The molecular formula is C15H21F4O7S-. The molecule has 0 aromatic carbocycles. The van der Waals surface area contributed by atoms with E-state index in [4.69, 9.17) is 9.47 Å². The highest BCUT2D eigenvalue weighted by Gasteiger charge is 2.69. The molecule has 1 rings (SSSR count). The summed E-state index contributed by atoms with van der Waals surface area (Å²) in [5.74, 6) is -13.5. The zero-order chi connectivity index (χ0) is 21.4. The maximum atomic E-state index is 14.4. The molecule has 0 radical (unpaired) electrons. The first-order chi connectivity index (χ1) is 12.0. The van der Waals surface area contributed by atoms with Crippen LogP contribution in [0.1, 0.15) is 40.5 Å². The summed E-state index contributed by atoms with van der Waals surface area (Å²) >= 11 is 0. The fourth-order valence-corrected chi connectivity index (χ4v) is 3.41. The Labute approximate surface area is 154 Å². The summed E-state index contributed by atoms with van der Waals surface area (Å²) in [6.07, 6.45) is -2.94. The van der Waals surface area contributed by atoms with E-state index in [-0.39, 0.29) is 0 Å². The highest BCUT2D eigenvalue weighted by molar-refractivity contribution is 7.86. The average molecular weight is 421 g/mol. The van der Waals surface area contributed by atoms with Crippen LogP contribution in [-0.4, -0.2) is 48.3 Å². The maximum Gasteiger partial charge on any atom is 0.396 e. The number of ether oxygens (including phenoxy) is 2. The van der Waals surface area contributed by atoms with Gasteiger partial charge in [0, 0.05) is 5.92 Å². The molecular weight excluding hydrogens is 400 g/mol. The van der Waals surface area contributed by atoms with E-state index >= 15 is 0 Å². The van der Waals surface area contributed by atoms with Gasteiger partial charge in [0.15, 0.2) is 10.1 Å². The Morgan fingerprint density at radius 1 is 0.963 bits per heavy atom. The highest BCUT2D eigenvalue weighted by Crippen LogP contribution is 2.53. The monoisotopic (exact) mass is 421 g/mol. The van der Waals surface area contributed by atoms with Gasteiger partial charge in [-0.05, 0) is 40.5 Å². The average Bonchev–Trinajstić information content (AvgIpc) is 2.90. The van der Waals surface area contributed by atoms with E-state index in [9.17, 15) is 40.1 Å². The van der Waals surface area contributed by atoms with E-state index < -0.39 is 76.0 Å². The SMILES string of the molecule is CC(C)OC(=O)[C@H]1CC(C(F)(F)C(F)(F)S(=O)(=O)[O-])[C@@H](C(=O)OC(C)C)C1. The van der Waals surface area contributed by atoms with Gasteiger partial charge in [-0.2, -0.15) is 17.6 Å². The normalized spacial score (nSPS) is 24.3. The molecule has 12 heteroatoms. The van der Waals surface area contributed by atoms with E-state index in [1.807, 2.05) is 0 Å². The molecule has 1 aliphatic rings. The van der Waals surface area contributed by atoms with Crippen molar-refractivity contribution in [3.8, 4) is 0 Å². The van der Waals surface area contributed by atoms with Crippen molar-refractivity contribution in [3.05, 3.63) is 0 Å². The van der Waals surface area contributed by atoms with E-state index in [2.05, 4.69) is 0 Å². The second kappa shape index (κ2) is 7.90. The number of carbonyl (C=O) groups excluding carboxylic acids is 2. The lowest BCUT2D eigenvalue weighted by molar-refractivity contribution is -0.206. The van der Waals surface area contributed by atoms with Gasteiger partial charge in [-0.1, -0.05) is 0 Å². The lowest BCUT2D eigenvalue weighted by atomic mass is 9.89. The number of hydrogen-bond acceptors (Lipinski definition) is 7. The number of rotatable bonds is 7. The molecule has 0 bridgehead atoms. The molecule has 1 saturated carbocycles. The van der Waals surface area contributed by atoms with E-state index in [0.29, 0.717) is 0 Å². The van der Waals surface area contributed by atoms with Crippen molar-refractivity contribution in [3.63, 3.8) is 0 Å². The summed E-state index contributed by atoms with van der Waals surface area (Å²) in [5.41, 5.74) is 0. The topological polar surface area (TPSA) is 110 Å². The number of esters is 2. The van der Waals surface area contributed by atoms with Crippen molar-refractivity contribution >= 4 is 22.1 Å². The van der Waals surface area contributed by atoms with Crippen molar-refractivity contribution in [2.75, 3.05) is 0 Å². The van der Waals surface area contributed by atoms with Crippen LogP contribution in [-0.2, 0) is 29.2 Å². The first-order valence-electron chi connectivity index (χ1n) is 8.14. The Kier molecular flexibility index (Phi) is 6.91. The number of hydrogen-bond donors (Lipinski definition) is 0. The van der Waals surface area contributed by atoms with E-state index in [1.54, 1.807) is 0 Å². The van der Waals surface area contributed by atoms with Crippen LogP contribution >= 0.6 is 0 Å². The minimum atomic E-state index is -6.73. The summed E-state index contributed by atoms with van der Waals surface area (Å²) in [5, 5.41) is -5.96. The smallest absolute Gasteiger partial charge is 0.396 e. The van der Waals surface area contributed by atoms with Gasteiger partial charge in [-0.15, -0.1) is 0 Å². The zero-order valence-corrected chi connectivity index (χ0v) is 15.9. The summed E-state index contributed by atoms with van der Waals surface area (Å²) in [7, 11) is -6.73. The van der Waals surface area contributed by atoms with Crippen LogP contribution in [0.5, 0.6) is 0 Å². The van der Waals surface area contributed by atoms with Crippen LogP contribution < -0.4 is 0 Å². The van der Waals surface area contributed by atoms with Gasteiger partial charge >= 0.3 is 23.1 Å². The molecule has 0 saturated heterocycles. The lowest BCUT2D eigenvalue weighted by Gasteiger charge is -2.34. The molecule has 0 aromatic rings. The van der Waals surface area contributed by atoms with Gasteiger partial charge in [0.25, 0.3) is 0 Å². The summed E-state index contributed by atoms with van der Waals surface area (Å²) in [4.78, 5) is 24.1. The Morgan fingerprint density at radius 3 is 1.81 bits per heavy atom. The number of halogens is 4. The summed E-state index contributed by atoms with van der Waals surface area (Å²) < 4.78 is 97.7. The molecule has 0 amide bonds. The van der Waals surface area contributed by atoms with Crippen LogP contribution in [0.15, 0.2) is 0 Å². The second-order valence-corrected chi connectivity index (χ2v) is 8.37. The van der Waals surface area contributed by atoms with Gasteiger partial charge in [0.1, 0.15) is 0 Å². The second-order valence-electron chi connectivity index (χ2n) is 6.95. The predicted octanol–water partition coefficient (Wildman–Crippen LogP) is 2.31. The Hall–Kier alpha value is -1.43. The molecule has 0 spiro atoms. The maximum absolute atomic E-state index is 14.4. The van der Waals surface area contributed by atoms with Crippen molar-refractivity contribution in [2.45, 2.75) is 63.9 Å². The Bertz CT molecular complexity index is 676. The zero-order valence-electron chi connectivity index (χ0n) is 15.1. The van der Waals surface area contributed by atoms with Crippen molar-refractivity contribution < 1.29 is 49.6 Å². The van der Waals surface area contributed by atoms with Crippen LogP contribution in [0.4, 0.5) is 17.6 Å². The van der Waals surface area contributed by atoms with Crippen molar-refractivity contribution in [1.82, 2.24) is 0 Å². The first-order valence-corrected chi connectivity index (χ1v) is 9.55. The summed E-state index contributed by atoms with van der Waals surface area (Å²) in [6.45, 7) is 5.73. The molecule has 1 unspecified atom stereocenters. The Morgan fingerprint density at radius 2 is 1.41 bits per heavy atom.